The van der Waals surface area contributed by atoms with Crippen LogP contribution in [0.1, 0.15) is 16.1 Å². The van der Waals surface area contributed by atoms with Gasteiger partial charge in [-0.15, -0.1) is 0 Å². The average molecular weight is 373 g/mol. The number of anilines is 1. The number of carbonyl (C=O) groups excluding carboxylic acids is 1. The van der Waals surface area contributed by atoms with Crippen molar-refractivity contribution < 1.29 is 4.79 Å². The average Bonchev–Trinajstić information content (AvgIpc) is 2.27. The third kappa shape index (κ3) is 3.43. The topological polar surface area (TPSA) is 42.0 Å². The van der Waals surface area contributed by atoms with E-state index in [0.717, 1.165) is 15.0 Å². The molecule has 0 unspecified atom stereocenters. The minimum absolute atomic E-state index is 0.190. The third-order valence-corrected chi connectivity index (χ3v) is 3.13. The Labute approximate surface area is 124 Å². The molecule has 2 aromatic rings. The van der Waals surface area contributed by atoms with E-state index in [-0.39, 0.29) is 5.91 Å². The largest absolute Gasteiger partial charge is 0.322 e. The zero-order valence-electron chi connectivity index (χ0n) is 9.58. The fourth-order valence-corrected chi connectivity index (χ4v) is 2.32. The lowest BCUT2D eigenvalue weighted by molar-refractivity contribution is 0.102. The molecule has 1 N–H and O–H groups in total. The summed E-state index contributed by atoms with van der Waals surface area (Å²) in [6.45, 7) is 1.80. The quantitative estimate of drug-likeness (QED) is 0.642. The Morgan fingerprint density at radius 1 is 1.33 bits per heavy atom. The molecule has 0 aliphatic heterocycles. The molecule has 0 bridgehead atoms. The lowest BCUT2D eigenvalue weighted by Gasteiger charge is -2.06. The zero-order chi connectivity index (χ0) is 13.1. The Morgan fingerprint density at radius 3 is 2.78 bits per heavy atom. The highest BCUT2D eigenvalue weighted by Gasteiger charge is 2.08. The predicted octanol–water partition coefficient (Wildman–Crippen LogP) is 3.90. The highest BCUT2D eigenvalue weighted by Crippen LogP contribution is 2.15. The number of hydrogen-bond donors (Lipinski definition) is 1. The summed E-state index contributed by atoms with van der Waals surface area (Å²) in [5, 5.41) is 3.15. The van der Waals surface area contributed by atoms with Crippen molar-refractivity contribution in [2.75, 3.05) is 5.32 Å². The third-order valence-electron chi connectivity index (χ3n) is 2.27. The van der Waals surface area contributed by atoms with Gasteiger partial charge in [0.15, 0.2) is 0 Å². The van der Waals surface area contributed by atoms with E-state index < -0.39 is 0 Å². The standard InChI is InChI=1S/C13H10ClIN2O/c1-8-5-9(6-12(14)16-8)13(18)17-11-4-2-3-10(15)7-11/h2-7H,1H3,(H,17,18). The van der Waals surface area contributed by atoms with Gasteiger partial charge in [0.1, 0.15) is 5.15 Å². The molecule has 0 aliphatic rings. The first-order chi connectivity index (χ1) is 8.54. The number of nitrogens with zero attached hydrogens (tertiary/aromatic N) is 1. The number of amides is 1. The summed E-state index contributed by atoms with van der Waals surface area (Å²) in [5.74, 6) is -0.190. The number of benzene rings is 1. The molecular formula is C13H10ClIN2O. The van der Waals surface area contributed by atoms with Crippen LogP contribution in [0.15, 0.2) is 36.4 Å². The van der Waals surface area contributed by atoms with Crippen molar-refractivity contribution in [3.63, 3.8) is 0 Å². The molecule has 0 atom stereocenters. The van der Waals surface area contributed by atoms with Gasteiger partial charge in [-0.05, 0) is 59.8 Å². The molecule has 0 saturated carbocycles. The van der Waals surface area contributed by atoms with Crippen LogP contribution < -0.4 is 5.32 Å². The molecule has 0 spiro atoms. The highest BCUT2D eigenvalue weighted by molar-refractivity contribution is 14.1. The van der Waals surface area contributed by atoms with Crippen molar-refractivity contribution in [1.82, 2.24) is 4.98 Å². The lowest BCUT2D eigenvalue weighted by atomic mass is 10.2. The monoisotopic (exact) mass is 372 g/mol. The SMILES string of the molecule is Cc1cc(C(=O)Nc2cccc(I)c2)cc(Cl)n1. The van der Waals surface area contributed by atoms with Crippen LogP contribution in [0.4, 0.5) is 5.69 Å². The highest BCUT2D eigenvalue weighted by atomic mass is 127. The predicted molar refractivity (Wildman–Crippen MR) is 81.1 cm³/mol. The molecule has 0 radical (unpaired) electrons. The van der Waals surface area contributed by atoms with Gasteiger partial charge < -0.3 is 5.32 Å². The summed E-state index contributed by atoms with van der Waals surface area (Å²) in [5.41, 5.74) is 1.99. The van der Waals surface area contributed by atoms with Crippen LogP contribution in [0.2, 0.25) is 5.15 Å². The van der Waals surface area contributed by atoms with Gasteiger partial charge in [0.25, 0.3) is 5.91 Å². The number of nitrogens with one attached hydrogen (secondary N) is 1. The summed E-state index contributed by atoms with van der Waals surface area (Å²) in [4.78, 5) is 16.1. The first kappa shape index (κ1) is 13.3. The number of pyridine rings is 1. The number of halogens is 2. The Bertz CT molecular complexity index is 581. The van der Waals surface area contributed by atoms with E-state index in [0.29, 0.717) is 10.7 Å². The maximum absolute atomic E-state index is 12.0. The lowest BCUT2D eigenvalue weighted by Crippen LogP contribution is -2.12. The molecule has 2 rings (SSSR count). The molecule has 1 aromatic heterocycles. The maximum atomic E-state index is 12.0. The number of aryl methyl sites for hydroxylation is 1. The Kier molecular flexibility index (Phi) is 4.19. The number of aromatic nitrogens is 1. The number of hydrogen-bond acceptors (Lipinski definition) is 2. The van der Waals surface area contributed by atoms with E-state index in [1.54, 1.807) is 19.1 Å². The first-order valence-corrected chi connectivity index (χ1v) is 6.71. The number of carbonyl (C=O) groups is 1. The van der Waals surface area contributed by atoms with Crippen molar-refractivity contribution in [2.24, 2.45) is 0 Å². The summed E-state index contributed by atoms with van der Waals surface area (Å²) in [6.07, 6.45) is 0. The van der Waals surface area contributed by atoms with E-state index in [1.807, 2.05) is 24.3 Å². The molecule has 5 heteroatoms. The summed E-state index contributed by atoms with van der Waals surface area (Å²) >= 11 is 8.03. The molecular weight excluding hydrogens is 363 g/mol. The van der Waals surface area contributed by atoms with E-state index in [9.17, 15) is 4.79 Å². The van der Waals surface area contributed by atoms with Gasteiger partial charge in [-0.2, -0.15) is 0 Å². The van der Waals surface area contributed by atoms with Crippen LogP contribution in [0.25, 0.3) is 0 Å². The van der Waals surface area contributed by atoms with Gasteiger partial charge in [-0.25, -0.2) is 4.98 Å². The van der Waals surface area contributed by atoms with Crippen molar-refractivity contribution >= 4 is 45.8 Å². The van der Waals surface area contributed by atoms with Gasteiger partial charge in [0.2, 0.25) is 0 Å². The second kappa shape index (κ2) is 5.67. The molecule has 1 amide bonds. The van der Waals surface area contributed by atoms with Crippen LogP contribution in [0.5, 0.6) is 0 Å². The van der Waals surface area contributed by atoms with Crippen LogP contribution >= 0.6 is 34.2 Å². The summed E-state index contributed by atoms with van der Waals surface area (Å²) in [6, 6.07) is 10.8. The van der Waals surface area contributed by atoms with E-state index in [4.69, 9.17) is 11.6 Å². The molecule has 0 fully saturated rings. The molecule has 18 heavy (non-hydrogen) atoms. The Hall–Kier alpha value is -1.14. The Morgan fingerprint density at radius 2 is 2.11 bits per heavy atom. The minimum atomic E-state index is -0.190. The molecule has 1 heterocycles. The maximum Gasteiger partial charge on any atom is 0.255 e. The molecule has 3 nitrogen and oxygen atoms in total. The van der Waals surface area contributed by atoms with Gasteiger partial charge in [0.05, 0.1) is 0 Å². The van der Waals surface area contributed by atoms with Gasteiger partial charge in [-0.3, -0.25) is 4.79 Å². The minimum Gasteiger partial charge on any atom is -0.322 e. The van der Waals surface area contributed by atoms with Gasteiger partial charge in [0, 0.05) is 20.5 Å². The molecule has 0 aliphatic carbocycles. The normalized spacial score (nSPS) is 10.2. The van der Waals surface area contributed by atoms with Crippen LogP contribution in [-0.4, -0.2) is 10.9 Å². The zero-order valence-corrected chi connectivity index (χ0v) is 12.5. The van der Waals surface area contributed by atoms with Crippen molar-refractivity contribution in [3.8, 4) is 0 Å². The van der Waals surface area contributed by atoms with E-state index in [1.165, 1.54) is 0 Å². The van der Waals surface area contributed by atoms with Crippen LogP contribution in [-0.2, 0) is 0 Å². The van der Waals surface area contributed by atoms with Crippen molar-refractivity contribution in [3.05, 3.63) is 56.4 Å². The van der Waals surface area contributed by atoms with Crippen LogP contribution in [0, 0.1) is 10.5 Å². The fourth-order valence-electron chi connectivity index (χ4n) is 1.53. The summed E-state index contributed by atoms with van der Waals surface area (Å²) in [7, 11) is 0. The smallest absolute Gasteiger partial charge is 0.255 e. The number of rotatable bonds is 2. The van der Waals surface area contributed by atoms with E-state index in [2.05, 4.69) is 32.9 Å². The fraction of sp³-hybridized carbons (Fsp3) is 0.0769. The van der Waals surface area contributed by atoms with E-state index >= 15 is 0 Å². The molecule has 92 valence electrons. The summed E-state index contributed by atoms with van der Waals surface area (Å²) < 4.78 is 1.06. The van der Waals surface area contributed by atoms with Gasteiger partial charge in [-0.1, -0.05) is 17.7 Å². The van der Waals surface area contributed by atoms with Crippen molar-refractivity contribution in [2.45, 2.75) is 6.92 Å². The second-order valence-electron chi connectivity index (χ2n) is 3.78. The molecule has 1 aromatic carbocycles. The van der Waals surface area contributed by atoms with Gasteiger partial charge >= 0.3 is 0 Å². The Balaban J connectivity index is 2.22. The second-order valence-corrected chi connectivity index (χ2v) is 5.42. The van der Waals surface area contributed by atoms with Crippen LogP contribution in [0.3, 0.4) is 0 Å². The van der Waals surface area contributed by atoms with Crippen molar-refractivity contribution in [1.29, 1.82) is 0 Å². The first-order valence-electron chi connectivity index (χ1n) is 5.26. The molecule has 0 saturated heterocycles.